The molecule has 2 unspecified atom stereocenters. The van der Waals surface area contributed by atoms with Crippen LogP contribution in [0.3, 0.4) is 0 Å². The van der Waals surface area contributed by atoms with E-state index in [0.717, 1.165) is 25.1 Å². The lowest BCUT2D eigenvalue weighted by Crippen LogP contribution is -2.51. The second-order valence-electron chi connectivity index (χ2n) is 4.74. The van der Waals surface area contributed by atoms with E-state index in [0.29, 0.717) is 6.54 Å². The van der Waals surface area contributed by atoms with Crippen molar-refractivity contribution in [3.8, 4) is 0 Å². The number of hydrogen-bond acceptors (Lipinski definition) is 3. The molecule has 1 aromatic rings. The average molecular weight is 220 g/mol. The Hall–Kier alpha value is -0.900. The molecule has 16 heavy (non-hydrogen) atoms. The summed E-state index contributed by atoms with van der Waals surface area (Å²) in [5, 5.41) is 10.8. The molecule has 1 aliphatic heterocycles. The molecule has 88 valence electrons. The van der Waals surface area contributed by atoms with Crippen molar-refractivity contribution >= 4 is 0 Å². The van der Waals surface area contributed by atoms with E-state index in [9.17, 15) is 5.11 Å². The van der Waals surface area contributed by atoms with E-state index in [4.69, 9.17) is 5.73 Å². The van der Waals surface area contributed by atoms with Gasteiger partial charge in [-0.3, -0.25) is 0 Å². The van der Waals surface area contributed by atoms with Gasteiger partial charge in [-0.25, -0.2) is 0 Å². The largest absolute Gasteiger partial charge is 0.385 e. The van der Waals surface area contributed by atoms with Crippen molar-refractivity contribution in [1.29, 1.82) is 0 Å². The summed E-state index contributed by atoms with van der Waals surface area (Å²) in [6, 6.07) is 9.90. The van der Waals surface area contributed by atoms with Gasteiger partial charge in [0.15, 0.2) is 0 Å². The highest BCUT2D eigenvalue weighted by atomic mass is 16.3. The molecule has 0 aromatic heterocycles. The first kappa shape index (κ1) is 11.6. The van der Waals surface area contributed by atoms with Crippen LogP contribution < -0.4 is 5.73 Å². The number of hydrogen-bond donors (Lipinski definition) is 2. The van der Waals surface area contributed by atoms with E-state index < -0.39 is 5.60 Å². The number of piperidine rings is 1. The first-order valence-corrected chi connectivity index (χ1v) is 5.83. The zero-order valence-electron chi connectivity index (χ0n) is 9.76. The van der Waals surface area contributed by atoms with Crippen LogP contribution in [0.2, 0.25) is 0 Å². The number of rotatable bonds is 2. The van der Waals surface area contributed by atoms with Crippen molar-refractivity contribution in [1.82, 2.24) is 4.90 Å². The van der Waals surface area contributed by atoms with Gasteiger partial charge in [-0.05, 0) is 25.6 Å². The Bertz CT molecular complexity index is 341. The van der Waals surface area contributed by atoms with Crippen LogP contribution in [0, 0.1) is 5.92 Å². The number of likely N-dealkylation sites (tertiary alicyclic amines) is 1. The van der Waals surface area contributed by atoms with Crippen molar-refractivity contribution in [2.24, 2.45) is 11.7 Å². The van der Waals surface area contributed by atoms with Crippen LogP contribution in [0.15, 0.2) is 30.3 Å². The van der Waals surface area contributed by atoms with Crippen molar-refractivity contribution in [3.05, 3.63) is 35.9 Å². The minimum atomic E-state index is -0.747. The van der Waals surface area contributed by atoms with Gasteiger partial charge in [-0.15, -0.1) is 0 Å². The molecule has 1 aliphatic rings. The third-order valence-electron chi connectivity index (χ3n) is 3.64. The molecule has 2 rings (SSSR count). The molecule has 0 aliphatic carbocycles. The van der Waals surface area contributed by atoms with E-state index in [2.05, 4.69) is 11.9 Å². The maximum Gasteiger partial charge on any atom is 0.0961 e. The minimum absolute atomic E-state index is 0.119. The zero-order chi connectivity index (χ0) is 11.6. The normalized spacial score (nSPS) is 31.6. The number of nitrogens with zero attached hydrogens (tertiary/aromatic N) is 1. The smallest absolute Gasteiger partial charge is 0.0961 e. The second-order valence-corrected chi connectivity index (χ2v) is 4.74. The van der Waals surface area contributed by atoms with Gasteiger partial charge in [-0.2, -0.15) is 0 Å². The number of benzene rings is 1. The van der Waals surface area contributed by atoms with E-state index >= 15 is 0 Å². The van der Waals surface area contributed by atoms with Crippen LogP contribution in [-0.2, 0) is 5.60 Å². The quantitative estimate of drug-likeness (QED) is 0.774. The zero-order valence-corrected chi connectivity index (χ0v) is 9.76. The molecule has 1 aromatic carbocycles. The Morgan fingerprint density at radius 2 is 2.12 bits per heavy atom. The Labute approximate surface area is 96.9 Å². The topological polar surface area (TPSA) is 49.5 Å². The van der Waals surface area contributed by atoms with Gasteiger partial charge in [0.25, 0.3) is 0 Å². The molecular weight excluding hydrogens is 200 g/mol. The summed E-state index contributed by atoms with van der Waals surface area (Å²) in [6.07, 6.45) is 0.759. The lowest BCUT2D eigenvalue weighted by atomic mass is 9.76. The fourth-order valence-corrected chi connectivity index (χ4v) is 2.56. The maximum atomic E-state index is 10.8. The van der Waals surface area contributed by atoms with Crippen molar-refractivity contribution in [3.63, 3.8) is 0 Å². The first-order chi connectivity index (χ1) is 7.66. The Morgan fingerprint density at radius 3 is 2.75 bits per heavy atom. The summed E-state index contributed by atoms with van der Waals surface area (Å²) >= 11 is 0. The molecular formula is C13H20N2O. The number of aliphatic hydroxyl groups is 1. The van der Waals surface area contributed by atoms with Crippen LogP contribution in [0.4, 0.5) is 0 Å². The molecule has 0 spiro atoms. The molecule has 3 nitrogen and oxygen atoms in total. The highest BCUT2D eigenvalue weighted by Crippen LogP contribution is 2.36. The van der Waals surface area contributed by atoms with E-state index in [1.165, 1.54) is 0 Å². The van der Waals surface area contributed by atoms with Gasteiger partial charge in [0.2, 0.25) is 0 Å². The van der Waals surface area contributed by atoms with Crippen LogP contribution in [0.1, 0.15) is 12.0 Å². The monoisotopic (exact) mass is 220 g/mol. The molecule has 1 heterocycles. The van der Waals surface area contributed by atoms with Crippen LogP contribution in [-0.4, -0.2) is 36.7 Å². The standard InChI is InChI=1S/C13H20N2O/c1-15-8-7-13(16,12(9-14)10-15)11-5-3-2-4-6-11/h2-6,12,16H,7-10,14H2,1H3. The van der Waals surface area contributed by atoms with E-state index in [1.54, 1.807) is 0 Å². The summed E-state index contributed by atoms with van der Waals surface area (Å²) in [5.41, 5.74) is 6.04. The fraction of sp³-hybridized carbons (Fsp3) is 0.538. The SMILES string of the molecule is CN1CCC(O)(c2ccccc2)C(CN)C1. The van der Waals surface area contributed by atoms with Gasteiger partial charge < -0.3 is 15.7 Å². The van der Waals surface area contributed by atoms with Crippen molar-refractivity contribution < 1.29 is 5.11 Å². The highest BCUT2D eigenvalue weighted by Gasteiger charge is 2.40. The molecule has 1 saturated heterocycles. The predicted molar refractivity (Wildman–Crippen MR) is 65.0 cm³/mol. The van der Waals surface area contributed by atoms with E-state index in [1.807, 2.05) is 30.3 Å². The van der Waals surface area contributed by atoms with E-state index in [-0.39, 0.29) is 5.92 Å². The lowest BCUT2D eigenvalue weighted by molar-refractivity contribution is -0.0694. The summed E-state index contributed by atoms with van der Waals surface area (Å²) < 4.78 is 0. The van der Waals surface area contributed by atoms with Crippen LogP contribution in [0.25, 0.3) is 0 Å². The Morgan fingerprint density at radius 1 is 1.44 bits per heavy atom. The number of nitrogens with two attached hydrogens (primary N) is 1. The summed E-state index contributed by atoms with van der Waals surface area (Å²) in [4.78, 5) is 2.23. The van der Waals surface area contributed by atoms with Gasteiger partial charge in [0, 0.05) is 19.0 Å². The molecule has 3 N–H and O–H groups in total. The average Bonchev–Trinajstić information content (AvgIpc) is 2.33. The molecule has 3 heteroatoms. The lowest BCUT2D eigenvalue weighted by Gasteiger charge is -2.43. The van der Waals surface area contributed by atoms with Gasteiger partial charge in [0.1, 0.15) is 0 Å². The first-order valence-electron chi connectivity index (χ1n) is 5.83. The molecule has 0 amide bonds. The third kappa shape index (κ3) is 1.98. The predicted octanol–water partition coefficient (Wildman–Crippen LogP) is 0.785. The minimum Gasteiger partial charge on any atom is -0.385 e. The third-order valence-corrected chi connectivity index (χ3v) is 3.64. The highest BCUT2D eigenvalue weighted by molar-refractivity contribution is 5.24. The summed E-state index contributed by atoms with van der Waals surface area (Å²) in [6.45, 7) is 2.31. The van der Waals surface area contributed by atoms with Gasteiger partial charge in [-0.1, -0.05) is 30.3 Å². The van der Waals surface area contributed by atoms with Gasteiger partial charge in [0.05, 0.1) is 5.60 Å². The van der Waals surface area contributed by atoms with Crippen molar-refractivity contribution in [2.45, 2.75) is 12.0 Å². The molecule has 0 saturated carbocycles. The molecule has 1 fully saturated rings. The fourth-order valence-electron chi connectivity index (χ4n) is 2.56. The summed E-state index contributed by atoms with van der Waals surface area (Å²) in [5.74, 6) is 0.119. The maximum absolute atomic E-state index is 10.8. The summed E-state index contributed by atoms with van der Waals surface area (Å²) in [7, 11) is 2.08. The Balaban J connectivity index is 2.29. The van der Waals surface area contributed by atoms with Crippen LogP contribution in [0.5, 0.6) is 0 Å². The molecule has 2 atom stereocenters. The van der Waals surface area contributed by atoms with Crippen molar-refractivity contribution in [2.75, 3.05) is 26.7 Å². The molecule has 0 bridgehead atoms. The Kier molecular flexibility index (Phi) is 3.28. The van der Waals surface area contributed by atoms with Crippen LogP contribution >= 0.6 is 0 Å². The second kappa shape index (κ2) is 4.53. The van der Waals surface area contributed by atoms with Gasteiger partial charge >= 0.3 is 0 Å². The molecule has 0 radical (unpaired) electrons.